The Morgan fingerprint density at radius 1 is 1.27 bits per heavy atom. The number of aliphatic hydroxyl groups excluding tert-OH is 2. The number of nitrogens with two attached hydrogens (primary N) is 1. The molecule has 8 nitrogen and oxygen atoms in total. The summed E-state index contributed by atoms with van der Waals surface area (Å²) in [4.78, 5) is 36.5. The lowest BCUT2D eigenvalue weighted by atomic mass is 9.99. The number of primary amides is 1. The lowest BCUT2D eigenvalue weighted by molar-refractivity contribution is -0.121. The normalized spacial score (nSPS) is 13.7. The number of benzene rings is 1. The molecule has 2 unspecified atom stereocenters. The van der Waals surface area contributed by atoms with Crippen LogP contribution in [-0.4, -0.2) is 38.3 Å². The summed E-state index contributed by atoms with van der Waals surface area (Å²) in [5, 5.41) is 28.7. The number of H-pyrrole nitrogens is 1. The zero-order valence-electron chi connectivity index (χ0n) is 11.3. The number of aromatic nitrogens is 1. The third-order valence-corrected chi connectivity index (χ3v) is 3.25. The standard InChI is InChI=1S/C14H14N2O6/c15-11(18)4-10(17)12(19)6-1-2-9-7(3-6)13(20)8(5-16-9)14(21)22/h1-3,5,10,12,17,19H,4H2,(H2,15,18)(H,16,20)(H,21,22). The Kier molecular flexibility index (Phi) is 4.25. The van der Waals surface area contributed by atoms with E-state index < -0.39 is 41.5 Å². The quantitative estimate of drug-likeness (QED) is 0.501. The average Bonchev–Trinajstić information content (AvgIpc) is 2.45. The summed E-state index contributed by atoms with van der Waals surface area (Å²) >= 11 is 0. The number of aromatic amines is 1. The predicted octanol–water partition coefficient (Wildman–Crippen LogP) is -0.504. The second-order valence-corrected chi connectivity index (χ2v) is 4.82. The topological polar surface area (TPSA) is 154 Å². The maximum absolute atomic E-state index is 12.1. The van der Waals surface area contributed by atoms with Gasteiger partial charge in [-0.15, -0.1) is 0 Å². The number of pyridine rings is 1. The van der Waals surface area contributed by atoms with E-state index in [9.17, 15) is 24.6 Å². The Morgan fingerprint density at radius 2 is 1.95 bits per heavy atom. The number of carbonyl (C=O) groups is 2. The molecule has 0 saturated carbocycles. The maximum atomic E-state index is 12.1. The number of carboxylic acids is 1. The van der Waals surface area contributed by atoms with Gasteiger partial charge >= 0.3 is 5.97 Å². The van der Waals surface area contributed by atoms with Crippen LogP contribution in [0.15, 0.2) is 29.2 Å². The van der Waals surface area contributed by atoms with Gasteiger partial charge in [0.2, 0.25) is 11.3 Å². The first kappa shape index (κ1) is 15.7. The second kappa shape index (κ2) is 5.96. The highest BCUT2D eigenvalue weighted by Gasteiger charge is 2.21. The predicted molar refractivity (Wildman–Crippen MR) is 76.3 cm³/mol. The highest BCUT2D eigenvalue weighted by Crippen LogP contribution is 2.21. The summed E-state index contributed by atoms with van der Waals surface area (Å²) in [6, 6.07) is 4.20. The van der Waals surface area contributed by atoms with Gasteiger partial charge in [0.05, 0.1) is 12.5 Å². The van der Waals surface area contributed by atoms with Gasteiger partial charge in [0, 0.05) is 17.1 Å². The number of carbonyl (C=O) groups excluding carboxylic acids is 1. The number of hydrogen-bond donors (Lipinski definition) is 5. The van der Waals surface area contributed by atoms with E-state index in [0.717, 1.165) is 6.20 Å². The van der Waals surface area contributed by atoms with E-state index in [1.54, 1.807) is 0 Å². The Morgan fingerprint density at radius 3 is 2.55 bits per heavy atom. The first-order valence-electron chi connectivity index (χ1n) is 6.34. The van der Waals surface area contributed by atoms with Crippen LogP contribution in [0.2, 0.25) is 0 Å². The molecule has 2 rings (SSSR count). The third-order valence-electron chi connectivity index (χ3n) is 3.25. The van der Waals surface area contributed by atoms with Gasteiger partial charge in [-0.2, -0.15) is 0 Å². The molecule has 0 aliphatic carbocycles. The molecule has 1 aromatic carbocycles. The molecule has 1 amide bonds. The molecule has 116 valence electrons. The minimum atomic E-state index is -1.43. The third kappa shape index (κ3) is 2.97. The molecule has 2 aromatic rings. The highest BCUT2D eigenvalue weighted by atomic mass is 16.4. The van der Waals surface area contributed by atoms with E-state index in [0.29, 0.717) is 5.52 Å². The van der Waals surface area contributed by atoms with Crippen molar-refractivity contribution in [2.75, 3.05) is 0 Å². The number of hydrogen-bond acceptors (Lipinski definition) is 5. The molecule has 0 aliphatic rings. The van der Waals surface area contributed by atoms with E-state index in [-0.39, 0.29) is 10.9 Å². The van der Waals surface area contributed by atoms with Crippen LogP contribution in [0.1, 0.15) is 28.4 Å². The summed E-state index contributed by atoms with van der Waals surface area (Å²) in [7, 11) is 0. The van der Waals surface area contributed by atoms with Gasteiger partial charge in [0.25, 0.3) is 0 Å². The van der Waals surface area contributed by atoms with Crippen molar-refractivity contribution in [2.24, 2.45) is 5.73 Å². The van der Waals surface area contributed by atoms with Crippen LogP contribution < -0.4 is 11.2 Å². The van der Waals surface area contributed by atoms with Crippen molar-refractivity contribution < 1.29 is 24.9 Å². The molecular formula is C14H14N2O6. The van der Waals surface area contributed by atoms with E-state index in [1.165, 1.54) is 18.2 Å². The van der Waals surface area contributed by atoms with Crippen LogP contribution in [0.3, 0.4) is 0 Å². The van der Waals surface area contributed by atoms with Gasteiger partial charge in [0.15, 0.2) is 0 Å². The van der Waals surface area contributed by atoms with E-state index in [1.807, 2.05) is 0 Å². The van der Waals surface area contributed by atoms with Crippen LogP contribution in [0.4, 0.5) is 0 Å². The minimum Gasteiger partial charge on any atom is -0.477 e. The molecule has 1 aromatic heterocycles. The van der Waals surface area contributed by atoms with Crippen LogP contribution in [0, 0.1) is 0 Å². The summed E-state index contributed by atoms with van der Waals surface area (Å²) in [5.74, 6) is -2.15. The zero-order valence-corrected chi connectivity index (χ0v) is 11.3. The monoisotopic (exact) mass is 306 g/mol. The molecule has 0 bridgehead atoms. The fourth-order valence-electron chi connectivity index (χ4n) is 2.12. The summed E-state index contributed by atoms with van der Waals surface area (Å²) in [6.07, 6.45) is -2.20. The number of aromatic carboxylic acids is 1. The number of aliphatic hydroxyl groups is 2. The van der Waals surface area contributed by atoms with Crippen molar-refractivity contribution in [1.29, 1.82) is 0 Å². The van der Waals surface area contributed by atoms with Gasteiger partial charge in [-0.3, -0.25) is 9.59 Å². The Labute approximate surface area is 123 Å². The molecule has 1 heterocycles. The first-order valence-corrected chi connectivity index (χ1v) is 6.34. The Balaban J connectivity index is 2.49. The van der Waals surface area contributed by atoms with Gasteiger partial charge in [-0.05, 0) is 17.7 Å². The smallest absolute Gasteiger partial charge is 0.341 e. The van der Waals surface area contributed by atoms with Crippen molar-refractivity contribution in [3.63, 3.8) is 0 Å². The molecule has 2 atom stereocenters. The summed E-state index contributed by atoms with van der Waals surface area (Å²) in [6.45, 7) is 0. The Hall–Kier alpha value is -2.71. The number of nitrogens with one attached hydrogen (secondary N) is 1. The van der Waals surface area contributed by atoms with Crippen molar-refractivity contribution in [3.05, 3.63) is 45.7 Å². The second-order valence-electron chi connectivity index (χ2n) is 4.82. The molecule has 8 heteroatoms. The van der Waals surface area contributed by atoms with Gasteiger partial charge in [-0.1, -0.05) is 6.07 Å². The lowest BCUT2D eigenvalue weighted by Crippen LogP contribution is -2.25. The van der Waals surface area contributed by atoms with E-state index in [2.05, 4.69) is 4.98 Å². The van der Waals surface area contributed by atoms with Crippen molar-refractivity contribution in [3.8, 4) is 0 Å². The largest absolute Gasteiger partial charge is 0.477 e. The Bertz CT molecular complexity index is 798. The molecular weight excluding hydrogens is 292 g/mol. The fraction of sp³-hybridized carbons (Fsp3) is 0.214. The van der Waals surface area contributed by atoms with E-state index in [4.69, 9.17) is 10.8 Å². The number of amides is 1. The molecule has 0 aliphatic heterocycles. The summed E-state index contributed by atoms with van der Waals surface area (Å²) in [5.41, 5.74) is 4.36. The average molecular weight is 306 g/mol. The molecule has 0 radical (unpaired) electrons. The molecule has 22 heavy (non-hydrogen) atoms. The SMILES string of the molecule is NC(=O)CC(O)C(O)c1ccc2[nH]cc(C(=O)O)c(=O)c2c1. The zero-order chi connectivity index (χ0) is 16.4. The molecule has 0 fully saturated rings. The first-order chi connectivity index (χ1) is 10.3. The van der Waals surface area contributed by atoms with Crippen LogP contribution >= 0.6 is 0 Å². The van der Waals surface area contributed by atoms with E-state index >= 15 is 0 Å². The van der Waals surface area contributed by atoms with Crippen molar-refractivity contribution >= 4 is 22.8 Å². The van der Waals surface area contributed by atoms with Crippen LogP contribution in [0.5, 0.6) is 0 Å². The number of rotatable bonds is 5. The highest BCUT2D eigenvalue weighted by molar-refractivity contribution is 5.92. The summed E-state index contributed by atoms with van der Waals surface area (Å²) < 4.78 is 0. The molecule has 0 spiro atoms. The lowest BCUT2D eigenvalue weighted by Gasteiger charge is -2.17. The maximum Gasteiger partial charge on any atom is 0.341 e. The fourth-order valence-corrected chi connectivity index (χ4v) is 2.12. The number of fused-ring (bicyclic) bond motifs is 1. The van der Waals surface area contributed by atoms with Crippen molar-refractivity contribution in [2.45, 2.75) is 18.6 Å². The van der Waals surface area contributed by atoms with Crippen LogP contribution in [0.25, 0.3) is 10.9 Å². The van der Waals surface area contributed by atoms with Gasteiger partial charge < -0.3 is 26.0 Å². The number of carboxylic acid groups (broad SMARTS) is 1. The van der Waals surface area contributed by atoms with Crippen molar-refractivity contribution in [1.82, 2.24) is 4.98 Å². The minimum absolute atomic E-state index is 0.0581. The van der Waals surface area contributed by atoms with Gasteiger partial charge in [0.1, 0.15) is 11.7 Å². The molecule has 0 saturated heterocycles. The van der Waals surface area contributed by atoms with Gasteiger partial charge in [-0.25, -0.2) is 4.79 Å². The van der Waals surface area contributed by atoms with Crippen LogP contribution in [-0.2, 0) is 4.79 Å². The molecule has 6 N–H and O–H groups in total.